The molecule has 11 heterocycles. The van der Waals surface area contributed by atoms with E-state index >= 15 is 0 Å². The Bertz CT molecular complexity index is 4850. The molecule has 4 N–H and O–H groups in total. The molecule has 0 bridgehead atoms. The molecule has 4 amide bonds. The van der Waals surface area contributed by atoms with Gasteiger partial charge in [-0.15, -0.1) is 34.0 Å². The lowest BCUT2D eigenvalue weighted by molar-refractivity contribution is -0.119. The standard InChI is InChI=1S/2C24H27F3N8OS.C20H18F3N7O2S/c1-14-11-16(34-9-7-32(3)8-10-34)5-6-17(14)30-23-28-12-18-20(31-23)33(4)22-19(29-15(2)37-22)21(36)35(18)13-24(25,26)27;1-14-11-16(5-6-17(14)34-9-7-32(3)8-10-34)30-23-28-12-18-20(31-23)33(4)22-19(29-15(2)37-22)21(36)35(18)13-24(25,26)27;1-10-26-14-17(32)30(9-20(21,22)23)13-8-25-19(28-15(13)29(3)18(14)33-10)27-12-6-4-11(5-7-12)16(31)24-2/h2*5-6,11-12H,7-10,13H2,1-4H3,(H,28,30,31);4-8H,9H2,1-3H3,(H,24,31)(H,25,27,28). The minimum Gasteiger partial charge on any atom is -0.369 e. The van der Waals surface area contributed by atoms with Gasteiger partial charge in [0.15, 0.2) is 34.5 Å². The number of anilines is 17. The van der Waals surface area contributed by atoms with Crippen LogP contribution in [0, 0.1) is 34.6 Å². The Balaban J connectivity index is 0.000000150. The molecule has 5 aliphatic heterocycles. The smallest absolute Gasteiger partial charge is 0.369 e. The number of rotatable bonds is 12. The summed E-state index contributed by atoms with van der Waals surface area (Å²) in [6.45, 7) is 12.5. The van der Waals surface area contributed by atoms with Gasteiger partial charge in [-0.3, -0.25) is 33.9 Å². The quantitative estimate of drug-likeness (QED) is 0.0828. The topological polar surface area (TPSA) is 265 Å². The number of amides is 4. The van der Waals surface area contributed by atoms with Crippen LogP contribution >= 0.6 is 34.0 Å². The summed E-state index contributed by atoms with van der Waals surface area (Å²) in [5.41, 5.74) is 6.67. The number of nitrogens with one attached hydrogen (secondary N) is 4. The van der Waals surface area contributed by atoms with Gasteiger partial charge in [0.2, 0.25) is 17.8 Å². The van der Waals surface area contributed by atoms with Crippen LogP contribution in [0.2, 0.25) is 0 Å². The highest BCUT2D eigenvalue weighted by atomic mass is 32.1. The number of fused-ring (bicyclic) bond motifs is 6. The van der Waals surface area contributed by atoms with E-state index in [1.807, 2.05) is 38.1 Å². The van der Waals surface area contributed by atoms with Gasteiger partial charge in [0.05, 0.1) is 33.6 Å². The van der Waals surface area contributed by atoms with E-state index in [1.165, 1.54) is 64.5 Å². The van der Waals surface area contributed by atoms with E-state index < -0.39 is 55.9 Å². The molecule has 2 fully saturated rings. The van der Waals surface area contributed by atoms with Gasteiger partial charge in [0.1, 0.15) is 51.7 Å². The van der Waals surface area contributed by atoms with Crippen molar-refractivity contribution in [2.24, 2.45) is 0 Å². The second-order valence-electron chi connectivity index (χ2n) is 25.7. The van der Waals surface area contributed by atoms with Crippen LogP contribution < -0.4 is 60.5 Å². The number of nitrogens with zero attached hydrogens (tertiary/aromatic N) is 19. The van der Waals surface area contributed by atoms with Crippen LogP contribution in [-0.2, 0) is 0 Å². The van der Waals surface area contributed by atoms with Crippen LogP contribution in [0.5, 0.6) is 0 Å². The summed E-state index contributed by atoms with van der Waals surface area (Å²) in [4.78, 5) is 105. The first-order chi connectivity index (χ1) is 50.6. The Labute approximate surface area is 619 Å². The molecule has 0 aliphatic carbocycles. The number of piperazine rings is 2. The Hall–Kier alpha value is -10.6. The van der Waals surface area contributed by atoms with Crippen molar-refractivity contribution in [2.75, 3.05) is 169 Å². The normalized spacial score (nSPS) is 15.5. The number of alkyl halides is 9. The van der Waals surface area contributed by atoms with Gasteiger partial charge < -0.3 is 55.6 Å². The lowest BCUT2D eigenvalue weighted by Gasteiger charge is -2.35. The Morgan fingerprint density at radius 2 is 0.813 bits per heavy atom. The third-order valence-electron chi connectivity index (χ3n) is 17.7. The minimum absolute atomic E-state index is 0.0274. The van der Waals surface area contributed by atoms with E-state index in [-0.39, 0.29) is 75.3 Å². The number of hydrogen-bond donors (Lipinski definition) is 4. The Morgan fingerprint density at radius 1 is 0.439 bits per heavy atom. The lowest BCUT2D eigenvalue weighted by atomic mass is 10.1. The minimum atomic E-state index is -4.63. The van der Waals surface area contributed by atoms with E-state index in [0.29, 0.717) is 56.0 Å². The van der Waals surface area contributed by atoms with Crippen molar-refractivity contribution in [2.45, 2.75) is 53.1 Å². The number of carbonyl (C=O) groups is 4. The number of thiazole rings is 3. The number of likely N-dealkylation sites (N-methyl/N-ethyl adjacent to an activating group) is 2. The molecule has 107 heavy (non-hydrogen) atoms. The predicted octanol–water partition coefficient (Wildman–Crippen LogP) is 12.3. The number of hydrogen-bond acceptors (Lipinski definition) is 26. The molecule has 14 rings (SSSR count). The second kappa shape index (κ2) is 30.3. The molecule has 0 spiro atoms. The van der Waals surface area contributed by atoms with Crippen molar-refractivity contribution in [3.05, 3.63) is 128 Å². The van der Waals surface area contributed by atoms with Gasteiger partial charge in [-0.2, -0.15) is 54.5 Å². The molecule has 0 saturated carbocycles. The SMILES string of the molecule is CNC(=O)c1ccc(Nc2ncc3c(n2)N(C)c2sc(C)nc2C(=O)N3CC(F)(F)F)cc1.Cc1nc2c(s1)N(C)c1nc(Nc3ccc(N4CCN(C)CC4)c(C)c3)ncc1N(CC(F)(F)F)C2=O.Cc1nc2c(s1)N(C)c1nc(Nc3ccc(N4CCN(C)CC4)cc3C)ncc1N(CC(F)(F)F)C2=O. The van der Waals surface area contributed by atoms with Crippen LogP contribution in [0.15, 0.2) is 79.3 Å². The zero-order valence-electron chi connectivity index (χ0n) is 59.5. The third-order valence-corrected chi connectivity index (χ3v) is 20.9. The van der Waals surface area contributed by atoms with E-state index in [2.05, 4.69) is 112 Å². The molecular weight excluding hydrogens is 1470 g/mol. The van der Waals surface area contributed by atoms with Crippen molar-refractivity contribution in [3.8, 4) is 0 Å². The summed E-state index contributed by atoms with van der Waals surface area (Å²) in [6.07, 6.45) is -10.2. The molecule has 9 aromatic rings. The predicted molar refractivity (Wildman–Crippen MR) is 395 cm³/mol. The maximum Gasteiger partial charge on any atom is 0.406 e. The zero-order valence-corrected chi connectivity index (χ0v) is 62.0. The highest BCUT2D eigenvalue weighted by Gasteiger charge is 2.44. The van der Waals surface area contributed by atoms with E-state index in [9.17, 15) is 58.7 Å². The van der Waals surface area contributed by atoms with Gasteiger partial charge in [0.25, 0.3) is 23.6 Å². The Kier molecular flexibility index (Phi) is 21.5. The first-order valence-corrected chi connectivity index (χ1v) is 35.6. The first kappa shape index (κ1) is 76.0. The summed E-state index contributed by atoms with van der Waals surface area (Å²) in [5.74, 6) is -1.75. The monoisotopic (exact) mass is 1540 g/mol. The maximum atomic E-state index is 13.4. The summed E-state index contributed by atoms with van der Waals surface area (Å²) in [5, 5.41) is 14.8. The molecule has 0 radical (unpaired) electrons. The van der Waals surface area contributed by atoms with Crippen molar-refractivity contribution >= 4 is 153 Å². The zero-order chi connectivity index (χ0) is 76.9. The fourth-order valence-corrected chi connectivity index (χ4v) is 15.0. The maximum absolute atomic E-state index is 13.4. The van der Waals surface area contributed by atoms with Crippen molar-refractivity contribution in [3.63, 3.8) is 0 Å². The molecule has 6 aromatic heterocycles. The summed E-state index contributed by atoms with van der Waals surface area (Å²) < 4.78 is 120. The average Bonchev–Trinajstić information content (AvgIpc) is 1.63. The van der Waals surface area contributed by atoms with Crippen molar-refractivity contribution < 1.29 is 58.7 Å². The van der Waals surface area contributed by atoms with Crippen LogP contribution in [0.1, 0.15) is 68.0 Å². The molecule has 5 aliphatic rings. The van der Waals surface area contributed by atoms with Gasteiger partial charge in [0, 0.05) is 115 Å². The first-order valence-electron chi connectivity index (χ1n) is 33.2. The third kappa shape index (κ3) is 17.0. The summed E-state index contributed by atoms with van der Waals surface area (Å²) >= 11 is 3.63. The fraction of sp³-hybridized carbons (Fsp3) is 0.368. The van der Waals surface area contributed by atoms with Gasteiger partial charge in [-0.1, -0.05) is 0 Å². The number of aromatic nitrogens is 9. The molecule has 2 saturated heterocycles. The second-order valence-corrected chi connectivity index (χ2v) is 29.2. The van der Waals surface area contributed by atoms with Crippen LogP contribution in [-0.4, -0.2) is 211 Å². The number of halogens is 9. The molecule has 27 nitrogen and oxygen atoms in total. The van der Waals surface area contributed by atoms with E-state index in [4.69, 9.17) is 0 Å². The highest BCUT2D eigenvalue weighted by Crippen LogP contribution is 2.47. The number of aryl methyl sites for hydroxylation is 5. The van der Waals surface area contributed by atoms with Crippen LogP contribution in [0.3, 0.4) is 0 Å². The molecule has 0 unspecified atom stereocenters. The van der Waals surface area contributed by atoms with E-state index in [1.54, 1.807) is 76.0 Å². The van der Waals surface area contributed by atoms with Crippen LogP contribution in [0.25, 0.3) is 0 Å². The molecule has 564 valence electrons. The highest BCUT2D eigenvalue weighted by molar-refractivity contribution is 7.17. The number of carbonyl (C=O) groups excluding carboxylic acids is 4. The number of benzene rings is 3. The molecule has 39 heteroatoms. The molecule has 0 atom stereocenters. The molecular formula is C68H72F9N23O4S3. The fourth-order valence-electron chi connectivity index (χ4n) is 12.4. The average molecular weight is 1540 g/mol. The van der Waals surface area contributed by atoms with E-state index in [0.717, 1.165) is 86.2 Å². The van der Waals surface area contributed by atoms with Gasteiger partial charge >= 0.3 is 18.5 Å². The van der Waals surface area contributed by atoms with Crippen molar-refractivity contribution in [1.29, 1.82) is 0 Å². The Morgan fingerprint density at radius 3 is 1.19 bits per heavy atom. The summed E-state index contributed by atoms with van der Waals surface area (Å²) in [6, 6.07) is 18.6. The van der Waals surface area contributed by atoms with Crippen LogP contribution in [0.4, 0.5) is 135 Å². The molecule has 3 aromatic carbocycles. The summed E-state index contributed by atoms with van der Waals surface area (Å²) in [7, 11) is 10.7. The lowest BCUT2D eigenvalue weighted by Crippen LogP contribution is -2.44. The largest absolute Gasteiger partial charge is 0.406 e. The van der Waals surface area contributed by atoms with Crippen molar-refractivity contribution in [1.82, 2.24) is 60.0 Å². The van der Waals surface area contributed by atoms with Gasteiger partial charge in [-0.25, -0.2) is 29.9 Å². The van der Waals surface area contributed by atoms with Gasteiger partial charge in [-0.05, 0) is 121 Å².